The number of pyridine rings is 2. The molecule has 5 heterocycles. The van der Waals surface area contributed by atoms with Gasteiger partial charge in [-0.15, -0.1) is 11.3 Å². The number of anilines is 3. The second kappa shape index (κ2) is 16.9. The smallest absolute Gasteiger partial charge is 0.188 e. The zero-order chi connectivity index (χ0) is 41.9. The van der Waals surface area contributed by atoms with E-state index in [0.29, 0.717) is 73.2 Å². The van der Waals surface area contributed by atoms with Gasteiger partial charge in [-0.05, 0) is 102 Å². The molecule has 0 unspecified atom stereocenters. The van der Waals surface area contributed by atoms with Gasteiger partial charge in [0.2, 0.25) is 0 Å². The minimum Gasteiger partial charge on any atom is -0.497 e. The molecule has 0 aliphatic heterocycles. The Hall–Kier alpha value is -7.69. The van der Waals surface area contributed by atoms with Crippen LogP contribution >= 0.6 is 23.1 Å². The van der Waals surface area contributed by atoms with Crippen LogP contribution in [0.1, 0.15) is 5.56 Å². The lowest BCUT2D eigenvalue weighted by Gasteiger charge is -2.13. The SMILES string of the molecule is COc1ccc2nc(-c3cccnc3)nc(NC(=N)SC(=N)c3cccc(-c4cncc(-c5nc(Nc6nc(-c7ccc(F)cc7)cs6)c6cc(OC)ccc6n5)c4)c3)c2c1. The number of halogens is 1. The van der Waals surface area contributed by atoms with Crippen LogP contribution in [0.25, 0.3) is 67.0 Å². The first-order valence-corrected chi connectivity index (χ1v) is 20.3. The third-order valence-corrected chi connectivity index (χ3v) is 11.0. The highest BCUT2D eigenvalue weighted by molar-refractivity contribution is 8.27. The Morgan fingerprint density at radius 1 is 0.639 bits per heavy atom. The quantitative estimate of drug-likeness (QED) is 0.0757. The number of ether oxygens (including phenoxy) is 2. The van der Waals surface area contributed by atoms with Crippen LogP contribution in [0.15, 0.2) is 133 Å². The molecular formula is C45H32FN11O2S2. The Morgan fingerprint density at radius 2 is 1.31 bits per heavy atom. The molecule has 0 aliphatic carbocycles. The number of nitrogens with one attached hydrogen (secondary N) is 4. The first kappa shape index (κ1) is 38.8. The minimum atomic E-state index is -0.312. The van der Waals surface area contributed by atoms with E-state index in [1.807, 2.05) is 84.2 Å². The van der Waals surface area contributed by atoms with Crippen LogP contribution in [0, 0.1) is 16.6 Å². The van der Waals surface area contributed by atoms with Gasteiger partial charge in [0, 0.05) is 68.8 Å². The van der Waals surface area contributed by atoms with Crippen molar-refractivity contribution in [3.05, 3.63) is 145 Å². The van der Waals surface area contributed by atoms with E-state index in [2.05, 4.69) is 20.6 Å². The average Bonchev–Trinajstić information content (AvgIpc) is 3.77. The molecule has 0 saturated carbocycles. The van der Waals surface area contributed by atoms with Gasteiger partial charge in [-0.1, -0.05) is 18.2 Å². The fourth-order valence-corrected chi connectivity index (χ4v) is 7.77. The molecule has 61 heavy (non-hydrogen) atoms. The standard InChI is InChI=1S/C45H32FN11O2S2/c1-58-32-12-14-36-34(19-32)42(54-40(51-36)28-7-4-16-49-21-28)56-44(48)61-39(47)27-6-3-5-26(17-27)29-18-30(23-50-22-29)41-52-37-15-13-33(59-2)20-35(37)43(55-41)57-45-53-38(24-60-45)25-8-10-31(46)11-9-25/h3-24,47H,1-2H3,(H2,48,51,54,56)(H,52,53,55,57). The van der Waals surface area contributed by atoms with Crippen molar-refractivity contribution in [3.63, 3.8) is 0 Å². The largest absolute Gasteiger partial charge is 0.497 e. The van der Waals surface area contributed by atoms with Crippen LogP contribution in [-0.4, -0.2) is 59.3 Å². The van der Waals surface area contributed by atoms with Crippen molar-refractivity contribution in [1.82, 2.24) is 34.9 Å². The van der Waals surface area contributed by atoms with Crippen molar-refractivity contribution < 1.29 is 13.9 Å². The molecule has 0 bridgehead atoms. The maximum absolute atomic E-state index is 13.6. The number of aromatic nitrogens is 7. The van der Waals surface area contributed by atoms with Crippen LogP contribution in [-0.2, 0) is 0 Å². The molecule has 0 saturated heterocycles. The molecule has 4 aromatic carbocycles. The van der Waals surface area contributed by atoms with Gasteiger partial charge in [-0.2, -0.15) is 0 Å². The highest BCUT2D eigenvalue weighted by Gasteiger charge is 2.17. The maximum atomic E-state index is 13.6. The molecule has 16 heteroatoms. The lowest BCUT2D eigenvalue weighted by Crippen LogP contribution is -2.12. The number of thioether (sulfide) groups is 1. The van der Waals surface area contributed by atoms with Gasteiger partial charge < -0.3 is 20.1 Å². The number of amidine groups is 1. The molecule has 0 fully saturated rings. The van der Waals surface area contributed by atoms with E-state index in [0.717, 1.165) is 39.4 Å². The van der Waals surface area contributed by atoms with Crippen molar-refractivity contribution >= 4 is 71.9 Å². The third kappa shape index (κ3) is 8.43. The van der Waals surface area contributed by atoms with Gasteiger partial charge in [-0.25, -0.2) is 29.3 Å². The Labute approximate surface area is 356 Å². The van der Waals surface area contributed by atoms with Crippen LogP contribution < -0.4 is 20.1 Å². The number of methoxy groups -OCH3 is 2. The van der Waals surface area contributed by atoms with Crippen molar-refractivity contribution in [2.24, 2.45) is 0 Å². The van der Waals surface area contributed by atoms with E-state index in [4.69, 9.17) is 45.2 Å². The molecule has 9 rings (SSSR count). The monoisotopic (exact) mass is 841 g/mol. The Balaban J connectivity index is 0.971. The molecular weight excluding hydrogens is 810 g/mol. The molecule has 0 spiro atoms. The lowest BCUT2D eigenvalue weighted by molar-refractivity contribution is 0.415. The lowest BCUT2D eigenvalue weighted by atomic mass is 10.0. The summed E-state index contributed by atoms with van der Waals surface area (Å²) in [6, 6.07) is 30.4. The fraction of sp³-hybridized carbons (Fsp3) is 0.0444. The highest BCUT2D eigenvalue weighted by atomic mass is 32.2. The molecule has 0 radical (unpaired) electrons. The van der Waals surface area contributed by atoms with Crippen molar-refractivity contribution in [2.45, 2.75) is 0 Å². The number of nitrogens with zero attached hydrogens (tertiary/aromatic N) is 7. The number of rotatable bonds is 10. The van der Waals surface area contributed by atoms with Crippen LogP contribution in [0.3, 0.4) is 0 Å². The molecule has 13 nitrogen and oxygen atoms in total. The van der Waals surface area contributed by atoms with Crippen LogP contribution in [0.5, 0.6) is 11.5 Å². The van der Waals surface area contributed by atoms with E-state index in [9.17, 15) is 4.39 Å². The predicted molar refractivity (Wildman–Crippen MR) is 241 cm³/mol. The van der Waals surface area contributed by atoms with Gasteiger partial charge in [-0.3, -0.25) is 20.8 Å². The van der Waals surface area contributed by atoms with E-state index in [-0.39, 0.29) is 16.0 Å². The summed E-state index contributed by atoms with van der Waals surface area (Å²) in [6.45, 7) is 0. The second-order valence-corrected chi connectivity index (χ2v) is 15.3. The summed E-state index contributed by atoms with van der Waals surface area (Å²) in [5, 5.41) is 28.4. The molecule has 0 aliphatic rings. The fourth-order valence-electron chi connectivity index (χ4n) is 6.45. The third-order valence-electron chi connectivity index (χ3n) is 9.49. The Bertz CT molecular complexity index is 3110. The van der Waals surface area contributed by atoms with Crippen LogP contribution in [0.2, 0.25) is 0 Å². The highest BCUT2D eigenvalue weighted by Crippen LogP contribution is 2.34. The number of hydrogen-bond donors (Lipinski definition) is 4. The number of hydrogen-bond acceptors (Lipinski definition) is 14. The molecule has 9 aromatic rings. The second-order valence-electron chi connectivity index (χ2n) is 13.4. The molecule has 0 atom stereocenters. The average molecular weight is 842 g/mol. The van der Waals surface area contributed by atoms with Gasteiger partial charge >= 0.3 is 0 Å². The van der Waals surface area contributed by atoms with E-state index < -0.39 is 0 Å². The van der Waals surface area contributed by atoms with Crippen molar-refractivity contribution in [2.75, 3.05) is 24.9 Å². The molecule has 0 amide bonds. The van der Waals surface area contributed by atoms with E-state index >= 15 is 0 Å². The first-order chi connectivity index (χ1) is 29.8. The summed E-state index contributed by atoms with van der Waals surface area (Å²) in [7, 11) is 3.19. The Morgan fingerprint density at radius 3 is 2.03 bits per heavy atom. The predicted octanol–water partition coefficient (Wildman–Crippen LogP) is 10.5. The van der Waals surface area contributed by atoms with Crippen molar-refractivity contribution in [1.29, 1.82) is 10.8 Å². The topological polar surface area (TPSA) is 180 Å². The summed E-state index contributed by atoms with van der Waals surface area (Å²) in [5.41, 5.74) is 6.44. The summed E-state index contributed by atoms with van der Waals surface area (Å²) in [5.74, 6) is 2.76. The maximum Gasteiger partial charge on any atom is 0.188 e. The first-order valence-electron chi connectivity index (χ1n) is 18.6. The normalized spacial score (nSPS) is 11.1. The summed E-state index contributed by atoms with van der Waals surface area (Å²) in [6.07, 6.45) is 6.81. The number of benzene rings is 4. The van der Waals surface area contributed by atoms with Gasteiger partial charge in [0.1, 0.15) is 34.0 Å². The summed E-state index contributed by atoms with van der Waals surface area (Å²) < 4.78 is 24.5. The zero-order valence-electron chi connectivity index (χ0n) is 32.3. The van der Waals surface area contributed by atoms with Gasteiger partial charge in [0.05, 0.1) is 30.9 Å². The number of fused-ring (bicyclic) bond motifs is 2. The number of thiazole rings is 1. The zero-order valence-corrected chi connectivity index (χ0v) is 34.0. The minimum absolute atomic E-state index is 0.000983. The Kier molecular flexibility index (Phi) is 10.7. The summed E-state index contributed by atoms with van der Waals surface area (Å²) >= 11 is 2.36. The van der Waals surface area contributed by atoms with Crippen molar-refractivity contribution in [3.8, 4) is 56.7 Å². The molecule has 5 aromatic heterocycles. The van der Waals surface area contributed by atoms with Crippen LogP contribution in [0.4, 0.5) is 21.2 Å². The van der Waals surface area contributed by atoms with Gasteiger partial charge in [0.25, 0.3) is 0 Å². The molecule has 4 N–H and O–H groups in total. The van der Waals surface area contributed by atoms with E-state index in [1.54, 1.807) is 51.1 Å². The molecule has 298 valence electrons. The summed E-state index contributed by atoms with van der Waals surface area (Å²) in [4.78, 5) is 32.8. The van der Waals surface area contributed by atoms with Gasteiger partial charge in [0.15, 0.2) is 21.9 Å². The van der Waals surface area contributed by atoms with E-state index in [1.165, 1.54) is 23.5 Å².